The fourth-order valence-corrected chi connectivity index (χ4v) is 3.65. The van der Waals surface area contributed by atoms with Crippen LogP contribution in [-0.2, 0) is 24.5 Å². The number of allylic oxidation sites excluding steroid dienone is 1. The lowest BCUT2D eigenvalue weighted by atomic mass is 10.2. The number of aromatic nitrogens is 3. The molecule has 0 spiro atoms. The average Bonchev–Trinajstić information content (AvgIpc) is 3.22. The van der Waals surface area contributed by atoms with E-state index in [4.69, 9.17) is 14.2 Å². The number of nitrogens with one attached hydrogen (secondary N) is 1. The van der Waals surface area contributed by atoms with Crippen molar-refractivity contribution in [1.29, 1.82) is 0 Å². The number of hydrogen-bond donors (Lipinski definition) is 1. The Morgan fingerprint density at radius 1 is 1.09 bits per heavy atom. The molecule has 0 atom stereocenters. The van der Waals surface area contributed by atoms with Crippen molar-refractivity contribution in [3.8, 4) is 17.2 Å². The van der Waals surface area contributed by atoms with Crippen LogP contribution in [0.25, 0.3) is 0 Å². The molecule has 1 heterocycles. The summed E-state index contributed by atoms with van der Waals surface area (Å²) in [4.78, 5) is 12.3. The van der Waals surface area contributed by atoms with Crippen LogP contribution in [-0.4, -0.2) is 40.6 Å². The lowest BCUT2D eigenvalue weighted by molar-refractivity contribution is -0.118. The topological polar surface area (TPSA) is 87.5 Å². The molecule has 0 fully saturated rings. The van der Waals surface area contributed by atoms with E-state index in [1.807, 2.05) is 53.1 Å². The molecule has 8 nitrogen and oxygen atoms in total. The highest BCUT2D eigenvalue weighted by Crippen LogP contribution is 2.27. The zero-order valence-corrected chi connectivity index (χ0v) is 18.9. The molecular formula is C23H26N4O4S. The normalized spacial score (nSPS) is 10.4. The van der Waals surface area contributed by atoms with Crippen LogP contribution in [0.2, 0.25) is 0 Å². The van der Waals surface area contributed by atoms with E-state index in [0.717, 1.165) is 11.3 Å². The molecule has 0 aliphatic heterocycles. The minimum Gasteiger partial charge on any atom is -0.497 e. The minimum absolute atomic E-state index is 0.0919. The molecule has 168 valence electrons. The van der Waals surface area contributed by atoms with Gasteiger partial charge in [-0.25, -0.2) is 0 Å². The number of amides is 1. The third-order valence-electron chi connectivity index (χ3n) is 4.51. The number of benzene rings is 2. The van der Waals surface area contributed by atoms with Crippen LogP contribution < -0.4 is 19.5 Å². The zero-order chi connectivity index (χ0) is 22.8. The standard InChI is InChI=1S/C23H26N4O4S/c1-4-13-27-21(15-31-20-8-6-5-7-19(20)30-3)25-26-23(27)32-16-22(28)24-14-17-9-11-18(29-2)12-10-17/h4-12H,1,13-16H2,2-3H3,(H,24,28). The van der Waals surface area contributed by atoms with E-state index < -0.39 is 0 Å². The molecule has 1 aromatic heterocycles. The summed E-state index contributed by atoms with van der Waals surface area (Å²) in [5.41, 5.74) is 0.995. The Kier molecular flexibility index (Phi) is 8.56. The van der Waals surface area contributed by atoms with E-state index in [1.165, 1.54) is 11.8 Å². The number of hydrogen-bond acceptors (Lipinski definition) is 7. The lowest BCUT2D eigenvalue weighted by Crippen LogP contribution is -2.24. The molecule has 1 N–H and O–H groups in total. The Morgan fingerprint density at radius 3 is 2.53 bits per heavy atom. The first-order valence-electron chi connectivity index (χ1n) is 9.95. The van der Waals surface area contributed by atoms with Crippen LogP contribution in [0, 0.1) is 0 Å². The van der Waals surface area contributed by atoms with Gasteiger partial charge < -0.3 is 19.5 Å². The van der Waals surface area contributed by atoms with E-state index in [-0.39, 0.29) is 18.3 Å². The van der Waals surface area contributed by atoms with Gasteiger partial charge in [0.15, 0.2) is 22.5 Å². The minimum atomic E-state index is -0.0919. The first-order chi connectivity index (χ1) is 15.6. The maximum absolute atomic E-state index is 12.3. The van der Waals surface area contributed by atoms with Crippen LogP contribution >= 0.6 is 11.8 Å². The number of carbonyl (C=O) groups is 1. The number of thioether (sulfide) groups is 1. The second-order valence-corrected chi connectivity index (χ2v) is 7.59. The number of para-hydroxylation sites is 2. The second kappa shape index (κ2) is 11.8. The summed E-state index contributed by atoms with van der Waals surface area (Å²) in [7, 11) is 3.21. The van der Waals surface area contributed by atoms with Crippen LogP contribution in [0.5, 0.6) is 17.2 Å². The van der Waals surface area contributed by atoms with Crippen LogP contribution in [0.4, 0.5) is 0 Å². The SMILES string of the molecule is C=CCn1c(COc2ccccc2OC)nnc1SCC(=O)NCc1ccc(OC)cc1. The van der Waals surface area contributed by atoms with Crippen molar-refractivity contribution in [2.45, 2.75) is 24.9 Å². The van der Waals surface area contributed by atoms with E-state index in [0.29, 0.717) is 35.6 Å². The van der Waals surface area contributed by atoms with Crippen molar-refractivity contribution in [2.24, 2.45) is 0 Å². The third-order valence-corrected chi connectivity index (χ3v) is 5.48. The summed E-state index contributed by atoms with van der Waals surface area (Å²) < 4.78 is 18.2. The van der Waals surface area contributed by atoms with Gasteiger partial charge in [-0.3, -0.25) is 9.36 Å². The molecule has 2 aromatic carbocycles. The van der Waals surface area contributed by atoms with Crippen molar-refractivity contribution >= 4 is 17.7 Å². The maximum Gasteiger partial charge on any atom is 0.230 e. The molecule has 0 aliphatic rings. The van der Waals surface area contributed by atoms with Gasteiger partial charge in [0.1, 0.15) is 12.4 Å². The molecule has 9 heteroatoms. The molecule has 0 bridgehead atoms. The molecule has 3 aromatic rings. The first kappa shape index (κ1) is 23.2. The second-order valence-electron chi connectivity index (χ2n) is 6.65. The Balaban J connectivity index is 1.55. The highest BCUT2D eigenvalue weighted by atomic mass is 32.2. The summed E-state index contributed by atoms with van der Waals surface area (Å²) in [5, 5.41) is 12.0. The predicted octanol–water partition coefficient (Wildman–Crippen LogP) is 3.47. The van der Waals surface area contributed by atoms with E-state index in [9.17, 15) is 4.79 Å². The number of nitrogens with zero attached hydrogens (tertiary/aromatic N) is 3. The van der Waals surface area contributed by atoms with Gasteiger partial charge in [-0.05, 0) is 29.8 Å². The Bertz CT molecular complexity index is 1040. The third kappa shape index (κ3) is 6.27. The van der Waals surface area contributed by atoms with Gasteiger partial charge in [0, 0.05) is 13.1 Å². The molecule has 0 unspecified atom stereocenters. The number of rotatable bonds is 12. The number of methoxy groups -OCH3 is 2. The average molecular weight is 455 g/mol. The van der Waals surface area contributed by atoms with Crippen molar-refractivity contribution in [3.63, 3.8) is 0 Å². The van der Waals surface area contributed by atoms with E-state index in [2.05, 4.69) is 22.1 Å². The monoisotopic (exact) mass is 454 g/mol. The summed E-state index contributed by atoms with van der Waals surface area (Å²) in [6.07, 6.45) is 1.75. The van der Waals surface area contributed by atoms with Gasteiger partial charge in [-0.2, -0.15) is 0 Å². The summed E-state index contributed by atoms with van der Waals surface area (Å²) in [6.45, 7) is 4.97. The van der Waals surface area contributed by atoms with Gasteiger partial charge in [0.05, 0.1) is 20.0 Å². The first-order valence-corrected chi connectivity index (χ1v) is 10.9. The Hall–Kier alpha value is -3.46. The predicted molar refractivity (Wildman–Crippen MR) is 123 cm³/mol. The van der Waals surface area contributed by atoms with Crippen LogP contribution in [0.1, 0.15) is 11.4 Å². The molecule has 0 saturated heterocycles. The van der Waals surface area contributed by atoms with E-state index in [1.54, 1.807) is 20.3 Å². The molecule has 0 radical (unpaired) electrons. The smallest absolute Gasteiger partial charge is 0.230 e. The van der Waals surface area contributed by atoms with Crippen LogP contribution in [0.3, 0.4) is 0 Å². The highest BCUT2D eigenvalue weighted by molar-refractivity contribution is 7.99. The Labute approximate surface area is 191 Å². The molecule has 32 heavy (non-hydrogen) atoms. The van der Waals surface area contributed by atoms with E-state index >= 15 is 0 Å². The molecular weight excluding hydrogens is 428 g/mol. The quantitative estimate of drug-likeness (QED) is 0.331. The summed E-state index contributed by atoms with van der Waals surface area (Å²) >= 11 is 1.32. The van der Waals surface area contributed by atoms with Crippen molar-refractivity contribution in [2.75, 3.05) is 20.0 Å². The molecule has 0 saturated carbocycles. The van der Waals surface area contributed by atoms with Gasteiger partial charge in [0.25, 0.3) is 0 Å². The van der Waals surface area contributed by atoms with Crippen molar-refractivity contribution in [1.82, 2.24) is 20.1 Å². The molecule has 0 aliphatic carbocycles. The van der Waals surface area contributed by atoms with Crippen LogP contribution in [0.15, 0.2) is 66.3 Å². The van der Waals surface area contributed by atoms with Gasteiger partial charge in [-0.1, -0.05) is 42.1 Å². The van der Waals surface area contributed by atoms with Crippen molar-refractivity contribution in [3.05, 3.63) is 72.6 Å². The maximum atomic E-state index is 12.3. The van der Waals surface area contributed by atoms with Gasteiger partial charge in [0.2, 0.25) is 5.91 Å². The highest BCUT2D eigenvalue weighted by Gasteiger charge is 2.15. The number of carbonyl (C=O) groups excluding carboxylic acids is 1. The molecule has 3 rings (SSSR count). The largest absolute Gasteiger partial charge is 0.497 e. The van der Waals surface area contributed by atoms with Gasteiger partial charge in [-0.15, -0.1) is 16.8 Å². The fourth-order valence-electron chi connectivity index (χ4n) is 2.85. The molecule has 1 amide bonds. The Morgan fingerprint density at radius 2 is 1.84 bits per heavy atom. The summed E-state index contributed by atoms with van der Waals surface area (Å²) in [5.74, 6) is 2.81. The lowest BCUT2D eigenvalue weighted by Gasteiger charge is -2.11. The van der Waals surface area contributed by atoms with Gasteiger partial charge >= 0.3 is 0 Å². The number of ether oxygens (including phenoxy) is 3. The zero-order valence-electron chi connectivity index (χ0n) is 18.1. The van der Waals surface area contributed by atoms with Crippen molar-refractivity contribution < 1.29 is 19.0 Å². The fraction of sp³-hybridized carbons (Fsp3) is 0.261. The summed E-state index contributed by atoms with van der Waals surface area (Å²) in [6, 6.07) is 15.0.